The minimum atomic E-state index is 0. The minimum absolute atomic E-state index is 0. The van der Waals surface area contributed by atoms with Gasteiger partial charge in [-0.3, -0.25) is 0 Å². The Morgan fingerprint density at radius 1 is 1.50 bits per heavy atom. The number of hydrogen-bond donors (Lipinski definition) is 0. The summed E-state index contributed by atoms with van der Waals surface area (Å²) in [6.45, 7) is 2.14. The Labute approximate surface area is 98.2 Å². The van der Waals surface area contributed by atoms with Crippen LogP contribution >= 0.6 is 0 Å². The fourth-order valence-electron chi connectivity index (χ4n) is 0. The second-order valence-corrected chi connectivity index (χ2v) is 0. The first kappa shape index (κ1) is 15.8. The second kappa shape index (κ2) is 16.9. The van der Waals surface area contributed by atoms with E-state index in [-0.39, 0.29) is 83.8 Å². The van der Waals surface area contributed by atoms with Crippen LogP contribution in [-0.4, -0.2) is 10.2 Å². The van der Waals surface area contributed by atoms with E-state index in [2.05, 4.69) is 6.55 Å². The zero-order chi connectivity index (χ0) is 2.00. The molecule has 0 radical (unpaired) electrons. The Kier molecular flexibility index (Phi) is 67.0. The van der Waals surface area contributed by atoms with E-state index in [4.69, 9.17) is 0 Å². The van der Waals surface area contributed by atoms with Crippen LogP contribution in [0, 0.1) is 0 Å². The molecule has 3 heteroatoms. The molecule has 0 rings (SSSR count). The van der Waals surface area contributed by atoms with Gasteiger partial charge in [0.05, 0.1) is 0 Å². The summed E-state index contributed by atoms with van der Waals surface area (Å²) < 4.78 is 0. The Morgan fingerprint density at radius 2 is 1.50 bits per heavy atom. The topological polar surface area (TPSA) is 0 Å². The van der Waals surface area contributed by atoms with Crippen LogP contribution in [0.25, 0.3) is 0 Å². The molecule has 0 atom stereocenters. The van der Waals surface area contributed by atoms with E-state index < -0.39 is 0 Å². The molecule has 0 heterocycles. The van der Waals surface area contributed by atoms with Gasteiger partial charge in [-0.05, 0) is 10.2 Å². The zero-order valence-corrected chi connectivity index (χ0v) is 11.1. The Morgan fingerprint density at radius 3 is 1.50 bits per heavy atom. The third-order valence-corrected chi connectivity index (χ3v) is 0. The molecule has 0 unspecified atom stereocenters. The van der Waals surface area contributed by atoms with Gasteiger partial charge >= 0.3 is 80.9 Å². The van der Waals surface area contributed by atoms with Gasteiger partial charge in [-0.25, -0.2) is 0 Å². The number of hydrogen-bond acceptors (Lipinski definition) is 0. The van der Waals surface area contributed by atoms with Gasteiger partial charge in [0, 0.05) is 0 Å². The largest absolute Gasteiger partial charge is 1.00 e. The average molecular weight is 110 g/mol. The standard InChI is InChI=1S/CH6Si.K.Na.2H/c1-2;;;;/h1-2H3;;;;/q;2*+1;2*-1. The van der Waals surface area contributed by atoms with Crippen LogP contribution in [0.15, 0.2) is 0 Å². The van der Waals surface area contributed by atoms with Gasteiger partial charge in [-0.15, -0.1) is 0 Å². The molecule has 0 N–H and O–H groups in total. The first-order valence-corrected chi connectivity index (χ1v) is 3.00. The molecule has 0 amide bonds. The molecule has 0 aromatic rings. The van der Waals surface area contributed by atoms with Gasteiger partial charge < -0.3 is 2.85 Å². The Balaban J connectivity index is -0.000000000833. The van der Waals surface area contributed by atoms with Gasteiger partial charge in [0.25, 0.3) is 0 Å². The van der Waals surface area contributed by atoms with Crippen molar-refractivity contribution in [2.24, 2.45) is 0 Å². The molecular formula is CH8KNaSi. The molecule has 0 saturated carbocycles. The van der Waals surface area contributed by atoms with Crippen LogP contribution in [0.3, 0.4) is 0 Å². The summed E-state index contributed by atoms with van der Waals surface area (Å²) in [5.41, 5.74) is 0. The maximum absolute atomic E-state index is 2.14. The third-order valence-electron chi connectivity index (χ3n) is 0. The molecule has 0 aliphatic rings. The smallest absolute Gasteiger partial charge is 1.00 e. The summed E-state index contributed by atoms with van der Waals surface area (Å²) in [6.07, 6.45) is 0. The van der Waals surface area contributed by atoms with Crippen LogP contribution in [0.4, 0.5) is 0 Å². The van der Waals surface area contributed by atoms with E-state index in [0.717, 1.165) is 0 Å². The Hall–Kier alpha value is 2.85. The van der Waals surface area contributed by atoms with Crippen molar-refractivity contribution >= 4 is 10.2 Å². The van der Waals surface area contributed by atoms with Gasteiger partial charge in [0.1, 0.15) is 0 Å². The quantitative estimate of drug-likeness (QED) is 0.272. The predicted molar refractivity (Wildman–Crippen MR) is 18.0 cm³/mol. The summed E-state index contributed by atoms with van der Waals surface area (Å²) in [5.74, 6) is 0. The SMILES string of the molecule is C[SiH3].[H-].[H-].[K+].[Na+]. The fourth-order valence-corrected chi connectivity index (χ4v) is 0. The average Bonchev–Trinajstić information content (AvgIpc) is 1.00. The molecular weight excluding hydrogens is 102 g/mol. The predicted octanol–water partition coefficient (Wildman–Crippen LogP) is -6.37. The van der Waals surface area contributed by atoms with Crippen LogP contribution < -0.4 is 80.9 Å². The van der Waals surface area contributed by atoms with E-state index in [1.807, 2.05) is 0 Å². The molecule has 0 saturated heterocycles. The van der Waals surface area contributed by atoms with Crippen LogP contribution in [0.2, 0.25) is 6.55 Å². The van der Waals surface area contributed by atoms with Gasteiger partial charge in [0.2, 0.25) is 0 Å². The molecule has 0 fully saturated rings. The summed E-state index contributed by atoms with van der Waals surface area (Å²) in [6, 6.07) is 0. The summed E-state index contributed by atoms with van der Waals surface area (Å²) in [5, 5.41) is 0. The molecule has 18 valence electrons. The van der Waals surface area contributed by atoms with Crippen molar-refractivity contribution in [1.29, 1.82) is 0 Å². The number of rotatable bonds is 0. The normalized spacial score (nSPS) is 2.25. The molecule has 0 aliphatic heterocycles. The van der Waals surface area contributed by atoms with Crippen molar-refractivity contribution < 1.29 is 83.8 Å². The minimum Gasteiger partial charge on any atom is -1.00 e. The molecule has 0 nitrogen and oxygen atoms in total. The van der Waals surface area contributed by atoms with Crippen LogP contribution in [-0.2, 0) is 0 Å². The van der Waals surface area contributed by atoms with Crippen molar-refractivity contribution in [1.82, 2.24) is 0 Å². The van der Waals surface area contributed by atoms with Crippen molar-refractivity contribution in [2.45, 2.75) is 6.55 Å². The van der Waals surface area contributed by atoms with Crippen LogP contribution in [0.5, 0.6) is 0 Å². The third kappa shape index (κ3) is 8.85. The maximum Gasteiger partial charge on any atom is 1.00 e. The molecule has 0 aromatic heterocycles. The maximum atomic E-state index is 2.14. The van der Waals surface area contributed by atoms with Crippen LogP contribution in [0.1, 0.15) is 2.85 Å². The molecule has 0 aromatic carbocycles. The van der Waals surface area contributed by atoms with Crippen molar-refractivity contribution in [3.63, 3.8) is 0 Å². The van der Waals surface area contributed by atoms with E-state index in [0.29, 0.717) is 0 Å². The summed E-state index contributed by atoms with van der Waals surface area (Å²) >= 11 is 0. The first-order valence-electron chi connectivity index (χ1n) is 1.00. The molecule has 0 bridgehead atoms. The van der Waals surface area contributed by atoms with Gasteiger partial charge in [-0.1, -0.05) is 6.55 Å². The van der Waals surface area contributed by atoms with Gasteiger partial charge in [-0.2, -0.15) is 0 Å². The molecule has 0 spiro atoms. The molecule has 4 heavy (non-hydrogen) atoms. The van der Waals surface area contributed by atoms with E-state index in [9.17, 15) is 0 Å². The second-order valence-electron chi connectivity index (χ2n) is 0. The van der Waals surface area contributed by atoms with Crippen molar-refractivity contribution in [3.05, 3.63) is 0 Å². The Bertz CT molecular complexity index is 13.5. The molecule has 0 aliphatic carbocycles. The summed E-state index contributed by atoms with van der Waals surface area (Å²) in [4.78, 5) is 0. The first-order chi connectivity index (χ1) is 1.00. The monoisotopic (exact) mass is 110 g/mol. The zero-order valence-electron chi connectivity index (χ0n) is 6.00. The van der Waals surface area contributed by atoms with Crippen molar-refractivity contribution in [2.75, 3.05) is 0 Å². The van der Waals surface area contributed by atoms with E-state index in [1.165, 1.54) is 10.2 Å². The van der Waals surface area contributed by atoms with E-state index in [1.54, 1.807) is 0 Å². The summed E-state index contributed by atoms with van der Waals surface area (Å²) in [7, 11) is 1.31. The van der Waals surface area contributed by atoms with Crippen molar-refractivity contribution in [3.8, 4) is 0 Å². The fraction of sp³-hybridized carbons (Fsp3) is 1.00. The van der Waals surface area contributed by atoms with Gasteiger partial charge in [0.15, 0.2) is 0 Å². The van der Waals surface area contributed by atoms with E-state index >= 15 is 0 Å².